The number of nitrogens with zero attached hydrogens (tertiary/aromatic N) is 1. The third-order valence-electron chi connectivity index (χ3n) is 4.37. The van der Waals surface area contributed by atoms with Crippen LogP contribution in [0.2, 0.25) is 5.02 Å². The molecule has 1 aliphatic rings. The van der Waals surface area contributed by atoms with Gasteiger partial charge in [0, 0.05) is 17.6 Å². The second-order valence-corrected chi connectivity index (χ2v) is 6.47. The molecular weight excluding hydrogens is 322 g/mol. The molecule has 0 N–H and O–H groups in total. The second-order valence-electron chi connectivity index (χ2n) is 6.10. The van der Waals surface area contributed by atoms with Crippen molar-refractivity contribution >= 4 is 22.5 Å². The molecule has 0 bridgehead atoms. The van der Waals surface area contributed by atoms with E-state index in [0.29, 0.717) is 24.0 Å². The summed E-state index contributed by atoms with van der Waals surface area (Å²) in [6.07, 6.45) is 4.29. The first-order valence-corrected chi connectivity index (χ1v) is 8.47. The Hall–Kier alpha value is -2.26. The zero-order chi connectivity index (χ0) is 16.5. The van der Waals surface area contributed by atoms with Crippen LogP contribution in [0.1, 0.15) is 29.9 Å². The van der Waals surface area contributed by atoms with Gasteiger partial charge in [-0.25, -0.2) is 0 Å². The van der Waals surface area contributed by atoms with Crippen LogP contribution in [0, 0.1) is 0 Å². The predicted octanol–water partition coefficient (Wildman–Crippen LogP) is 5.35. The van der Waals surface area contributed by atoms with Crippen LogP contribution in [0.5, 0.6) is 11.5 Å². The number of benzene rings is 2. The smallest absolute Gasteiger partial charge is 0.163 e. The van der Waals surface area contributed by atoms with Gasteiger partial charge in [0.2, 0.25) is 0 Å². The predicted molar refractivity (Wildman–Crippen MR) is 96.1 cm³/mol. The van der Waals surface area contributed by atoms with Crippen LogP contribution in [-0.4, -0.2) is 12.1 Å². The van der Waals surface area contributed by atoms with E-state index in [2.05, 4.69) is 4.98 Å². The molecule has 0 radical (unpaired) electrons. The molecule has 0 saturated heterocycles. The molecule has 1 aliphatic carbocycles. The van der Waals surface area contributed by atoms with Crippen molar-refractivity contribution in [1.29, 1.82) is 0 Å². The first-order chi connectivity index (χ1) is 11.8. The van der Waals surface area contributed by atoms with Crippen molar-refractivity contribution < 1.29 is 9.47 Å². The van der Waals surface area contributed by atoms with Gasteiger partial charge in [-0.2, -0.15) is 0 Å². The van der Waals surface area contributed by atoms with Gasteiger partial charge in [0.15, 0.2) is 11.5 Å². The number of fused-ring (bicyclic) bond motifs is 1. The van der Waals surface area contributed by atoms with Gasteiger partial charge in [-0.1, -0.05) is 41.9 Å². The van der Waals surface area contributed by atoms with E-state index < -0.39 is 0 Å². The summed E-state index contributed by atoms with van der Waals surface area (Å²) in [5.41, 5.74) is 3.08. The number of ether oxygens (including phenoxy) is 2. The zero-order valence-electron chi connectivity index (χ0n) is 13.5. The first-order valence-electron chi connectivity index (χ1n) is 8.09. The van der Waals surface area contributed by atoms with Gasteiger partial charge >= 0.3 is 0 Å². The Kier molecular flexibility index (Phi) is 4.03. The molecule has 2 aromatic carbocycles. The van der Waals surface area contributed by atoms with Crippen LogP contribution >= 0.6 is 11.6 Å². The topological polar surface area (TPSA) is 31.4 Å². The van der Waals surface area contributed by atoms with Crippen molar-refractivity contribution in [3.63, 3.8) is 0 Å². The number of aromatic nitrogens is 1. The number of halogens is 1. The van der Waals surface area contributed by atoms with Crippen molar-refractivity contribution in [3.05, 3.63) is 64.8 Å². The van der Waals surface area contributed by atoms with Gasteiger partial charge in [-0.15, -0.1) is 0 Å². The van der Waals surface area contributed by atoms with Crippen LogP contribution in [0.15, 0.2) is 48.7 Å². The lowest BCUT2D eigenvalue weighted by Gasteiger charge is -2.13. The van der Waals surface area contributed by atoms with Crippen molar-refractivity contribution in [3.8, 4) is 11.5 Å². The Morgan fingerprint density at radius 1 is 1.12 bits per heavy atom. The Balaban J connectivity index is 1.69. The fourth-order valence-corrected chi connectivity index (χ4v) is 3.22. The average molecular weight is 340 g/mol. The van der Waals surface area contributed by atoms with Crippen LogP contribution in [0.4, 0.5) is 0 Å². The molecule has 24 heavy (non-hydrogen) atoms. The van der Waals surface area contributed by atoms with Crippen LogP contribution in [-0.2, 0) is 6.61 Å². The molecule has 3 aromatic rings. The maximum absolute atomic E-state index is 6.59. The molecule has 1 heterocycles. The highest BCUT2D eigenvalue weighted by atomic mass is 35.5. The largest absolute Gasteiger partial charge is 0.493 e. The number of hydrogen-bond acceptors (Lipinski definition) is 3. The van der Waals surface area contributed by atoms with Crippen molar-refractivity contribution in [2.24, 2.45) is 0 Å². The van der Waals surface area contributed by atoms with Crippen LogP contribution < -0.4 is 9.47 Å². The van der Waals surface area contributed by atoms with Crippen molar-refractivity contribution in [1.82, 2.24) is 4.98 Å². The van der Waals surface area contributed by atoms with Gasteiger partial charge in [-0.3, -0.25) is 4.98 Å². The van der Waals surface area contributed by atoms with Gasteiger partial charge in [0.1, 0.15) is 6.61 Å². The summed E-state index contributed by atoms with van der Waals surface area (Å²) >= 11 is 6.59. The highest BCUT2D eigenvalue weighted by Crippen LogP contribution is 2.45. The first kappa shape index (κ1) is 15.3. The van der Waals surface area contributed by atoms with Gasteiger partial charge in [-0.05, 0) is 36.0 Å². The molecule has 4 rings (SSSR count). The fourth-order valence-electron chi connectivity index (χ4n) is 2.87. The van der Waals surface area contributed by atoms with E-state index in [4.69, 9.17) is 21.1 Å². The minimum atomic E-state index is 0.483. The van der Waals surface area contributed by atoms with E-state index in [9.17, 15) is 0 Å². The Morgan fingerprint density at radius 3 is 2.62 bits per heavy atom. The summed E-state index contributed by atoms with van der Waals surface area (Å²) in [6, 6.07) is 13.9. The Labute approximate surface area is 146 Å². The standard InChI is InChI=1S/C20H18ClNO2/c1-23-18-9-15-17(22-11-16(20(15)21)14-7-8-14)10-19(18)24-12-13-5-3-2-4-6-13/h2-6,9-11,14H,7-8,12H2,1H3. The maximum atomic E-state index is 6.59. The molecule has 3 nitrogen and oxygen atoms in total. The molecule has 4 heteroatoms. The van der Waals surface area contributed by atoms with E-state index in [-0.39, 0.29) is 0 Å². The van der Waals surface area contributed by atoms with Crippen molar-refractivity contribution in [2.45, 2.75) is 25.4 Å². The monoisotopic (exact) mass is 339 g/mol. The molecule has 122 valence electrons. The molecule has 0 spiro atoms. The summed E-state index contributed by atoms with van der Waals surface area (Å²) in [6.45, 7) is 0.483. The third kappa shape index (κ3) is 2.92. The summed E-state index contributed by atoms with van der Waals surface area (Å²) in [4.78, 5) is 4.57. The Morgan fingerprint density at radius 2 is 1.92 bits per heavy atom. The number of methoxy groups -OCH3 is 1. The molecule has 0 unspecified atom stereocenters. The number of pyridine rings is 1. The second kappa shape index (κ2) is 6.33. The summed E-state index contributed by atoms with van der Waals surface area (Å²) in [5.74, 6) is 1.92. The average Bonchev–Trinajstić information content (AvgIpc) is 3.45. The molecule has 0 aliphatic heterocycles. The van der Waals surface area contributed by atoms with Gasteiger partial charge in [0.25, 0.3) is 0 Å². The minimum absolute atomic E-state index is 0.483. The van der Waals surface area contributed by atoms with E-state index in [1.54, 1.807) is 7.11 Å². The molecule has 1 fully saturated rings. The summed E-state index contributed by atoms with van der Waals surface area (Å²) < 4.78 is 11.4. The van der Waals surface area contributed by atoms with Crippen LogP contribution in [0.3, 0.4) is 0 Å². The van der Waals surface area contributed by atoms with E-state index >= 15 is 0 Å². The molecule has 0 amide bonds. The summed E-state index contributed by atoms with van der Waals surface area (Å²) in [7, 11) is 1.64. The molecule has 1 aromatic heterocycles. The van der Waals surface area contributed by atoms with E-state index in [0.717, 1.165) is 27.1 Å². The molecule has 1 saturated carbocycles. The highest BCUT2D eigenvalue weighted by Gasteiger charge is 2.27. The normalized spacial score (nSPS) is 13.9. The maximum Gasteiger partial charge on any atom is 0.163 e. The van der Waals surface area contributed by atoms with Crippen LogP contribution in [0.25, 0.3) is 10.9 Å². The quantitative estimate of drug-likeness (QED) is 0.627. The Bertz CT molecular complexity index is 876. The lowest BCUT2D eigenvalue weighted by atomic mass is 10.1. The summed E-state index contributed by atoms with van der Waals surface area (Å²) in [5, 5.41) is 1.71. The van der Waals surface area contributed by atoms with Crippen molar-refractivity contribution in [2.75, 3.05) is 7.11 Å². The molecule has 0 atom stereocenters. The van der Waals surface area contributed by atoms with Gasteiger partial charge in [0.05, 0.1) is 17.6 Å². The highest BCUT2D eigenvalue weighted by molar-refractivity contribution is 6.36. The van der Waals surface area contributed by atoms with Gasteiger partial charge < -0.3 is 9.47 Å². The van der Waals surface area contributed by atoms with E-state index in [1.165, 1.54) is 12.8 Å². The minimum Gasteiger partial charge on any atom is -0.493 e. The zero-order valence-corrected chi connectivity index (χ0v) is 14.2. The molecular formula is C20H18ClNO2. The lowest BCUT2D eigenvalue weighted by molar-refractivity contribution is 0.285. The lowest BCUT2D eigenvalue weighted by Crippen LogP contribution is -1.98. The SMILES string of the molecule is COc1cc2c(Cl)c(C3CC3)cnc2cc1OCc1ccccc1. The van der Waals surface area contributed by atoms with E-state index in [1.807, 2.05) is 48.7 Å². The number of rotatable bonds is 5. The fraction of sp³-hybridized carbons (Fsp3) is 0.250. The number of hydrogen-bond donors (Lipinski definition) is 0. The third-order valence-corrected chi connectivity index (χ3v) is 4.79.